The first-order chi connectivity index (χ1) is 14.7. The number of alkyl halides is 3. The molecule has 1 aromatic rings. The van der Waals surface area contributed by atoms with E-state index < -0.39 is 35.5 Å². The lowest BCUT2D eigenvalue weighted by Gasteiger charge is -2.30. The van der Waals surface area contributed by atoms with Crippen LogP contribution >= 0.6 is 0 Å². The van der Waals surface area contributed by atoms with Crippen LogP contribution in [0.4, 0.5) is 13.2 Å². The molecule has 0 radical (unpaired) electrons. The zero-order valence-corrected chi connectivity index (χ0v) is 17.4. The molecule has 10 heteroatoms. The largest absolute Gasteiger partial charge is 0.416 e. The number of nitrogens with zero attached hydrogens (tertiary/aromatic N) is 1. The molecule has 0 spiro atoms. The molecule has 7 nitrogen and oxygen atoms in total. The summed E-state index contributed by atoms with van der Waals surface area (Å²) in [6.07, 6.45) is -3.78. The van der Waals surface area contributed by atoms with Gasteiger partial charge in [0.25, 0.3) is 0 Å². The molecule has 2 heterocycles. The average molecular weight is 443 g/mol. The van der Waals surface area contributed by atoms with E-state index in [1.54, 1.807) is 0 Å². The number of benzene rings is 1. The molecule has 0 saturated carbocycles. The predicted octanol–water partition coefficient (Wildman–Crippen LogP) is 1.73. The summed E-state index contributed by atoms with van der Waals surface area (Å²) in [5, 5.41) is 2.82. The lowest BCUT2D eigenvalue weighted by atomic mass is 9.96. The second-order valence-electron chi connectivity index (χ2n) is 7.84. The number of likely N-dealkylation sites (tertiary alicyclic amines) is 1. The summed E-state index contributed by atoms with van der Waals surface area (Å²) >= 11 is 0. The van der Waals surface area contributed by atoms with Crippen molar-refractivity contribution in [3.05, 3.63) is 34.9 Å². The van der Waals surface area contributed by atoms with E-state index in [1.807, 2.05) is 6.92 Å². The standard InChI is InChI=1S/C21H28F3N3O4/c1-2-31-18-12-27(13-6-8-30-9-7-13)11-17(18)26-19(28)10-15-14(20(25)29)4-3-5-16(15)21(22,23)24/h3-5,13,17-18H,2,6-12H2,1H3,(H2,25,29)(H,26,28)/t17-,18-/m1/s1. The average Bonchev–Trinajstić information content (AvgIpc) is 3.10. The smallest absolute Gasteiger partial charge is 0.381 e. The molecule has 0 aliphatic carbocycles. The Kier molecular flexibility index (Phi) is 7.55. The van der Waals surface area contributed by atoms with Crippen LogP contribution in [0, 0.1) is 0 Å². The van der Waals surface area contributed by atoms with Gasteiger partial charge in [-0.3, -0.25) is 14.5 Å². The number of nitrogens with two attached hydrogens (primary N) is 1. The molecule has 2 amide bonds. The van der Waals surface area contributed by atoms with Crippen molar-refractivity contribution in [1.29, 1.82) is 0 Å². The highest BCUT2D eigenvalue weighted by molar-refractivity contribution is 5.96. The summed E-state index contributed by atoms with van der Waals surface area (Å²) in [7, 11) is 0. The Morgan fingerprint density at radius 3 is 2.58 bits per heavy atom. The highest BCUT2D eigenvalue weighted by atomic mass is 19.4. The minimum absolute atomic E-state index is 0.259. The maximum Gasteiger partial charge on any atom is 0.416 e. The molecule has 1 aromatic carbocycles. The molecule has 3 rings (SSSR count). The maximum absolute atomic E-state index is 13.4. The van der Waals surface area contributed by atoms with Crippen molar-refractivity contribution in [2.75, 3.05) is 32.9 Å². The van der Waals surface area contributed by atoms with E-state index >= 15 is 0 Å². The Balaban J connectivity index is 1.74. The highest BCUT2D eigenvalue weighted by Gasteiger charge is 2.39. The Hall–Kier alpha value is -2.17. The van der Waals surface area contributed by atoms with Gasteiger partial charge in [-0.25, -0.2) is 0 Å². The molecule has 172 valence electrons. The first-order valence-electron chi connectivity index (χ1n) is 10.4. The van der Waals surface area contributed by atoms with Crippen LogP contribution in [0.5, 0.6) is 0 Å². The zero-order valence-electron chi connectivity index (χ0n) is 17.4. The van der Waals surface area contributed by atoms with Crippen molar-refractivity contribution in [1.82, 2.24) is 10.2 Å². The second-order valence-corrected chi connectivity index (χ2v) is 7.84. The highest BCUT2D eigenvalue weighted by Crippen LogP contribution is 2.33. The first-order valence-corrected chi connectivity index (χ1v) is 10.4. The van der Waals surface area contributed by atoms with E-state index in [0.29, 0.717) is 39.0 Å². The number of hydrogen-bond acceptors (Lipinski definition) is 5. The van der Waals surface area contributed by atoms with Crippen LogP contribution in [-0.4, -0.2) is 67.8 Å². The number of rotatable bonds is 7. The molecule has 0 unspecified atom stereocenters. The lowest BCUT2D eigenvalue weighted by molar-refractivity contribution is -0.138. The molecule has 0 bridgehead atoms. The van der Waals surface area contributed by atoms with E-state index in [9.17, 15) is 22.8 Å². The summed E-state index contributed by atoms with van der Waals surface area (Å²) in [4.78, 5) is 26.6. The van der Waals surface area contributed by atoms with Crippen molar-refractivity contribution in [3.63, 3.8) is 0 Å². The Morgan fingerprint density at radius 2 is 1.97 bits per heavy atom. The molecule has 3 N–H and O–H groups in total. The minimum atomic E-state index is -4.71. The molecule has 2 aliphatic heterocycles. The summed E-state index contributed by atoms with van der Waals surface area (Å²) in [5.74, 6) is -1.62. The van der Waals surface area contributed by atoms with E-state index in [0.717, 1.165) is 25.0 Å². The monoisotopic (exact) mass is 443 g/mol. The van der Waals surface area contributed by atoms with Crippen molar-refractivity contribution < 1.29 is 32.2 Å². The van der Waals surface area contributed by atoms with Gasteiger partial charge in [0, 0.05) is 44.5 Å². The van der Waals surface area contributed by atoms with E-state index in [4.69, 9.17) is 15.2 Å². The fourth-order valence-corrected chi connectivity index (χ4v) is 4.37. The van der Waals surface area contributed by atoms with Crippen molar-refractivity contribution in [2.24, 2.45) is 5.73 Å². The zero-order chi connectivity index (χ0) is 22.6. The maximum atomic E-state index is 13.4. The SMILES string of the molecule is CCO[C@@H]1CN(C2CCOCC2)C[C@H]1NC(=O)Cc1c(C(N)=O)cccc1C(F)(F)F. The minimum Gasteiger partial charge on any atom is -0.381 e. The molecular formula is C21H28F3N3O4. The number of carbonyl (C=O) groups excluding carboxylic acids is 2. The van der Waals surface area contributed by atoms with Gasteiger partial charge in [0.1, 0.15) is 0 Å². The van der Waals surface area contributed by atoms with Gasteiger partial charge in [-0.05, 0) is 37.5 Å². The van der Waals surface area contributed by atoms with Gasteiger partial charge in [-0.15, -0.1) is 0 Å². The van der Waals surface area contributed by atoms with Crippen molar-refractivity contribution in [3.8, 4) is 0 Å². The number of ether oxygens (including phenoxy) is 2. The predicted molar refractivity (Wildman–Crippen MR) is 106 cm³/mol. The van der Waals surface area contributed by atoms with Gasteiger partial charge in [-0.1, -0.05) is 6.07 Å². The summed E-state index contributed by atoms with van der Waals surface area (Å²) in [5.41, 5.74) is 3.51. The molecule has 2 atom stereocenters. The molecule has 0 aromatic heterocycles. The number of primary amides is 1. The summed E-state index contributed by atoms with van der Waals surface area (Å²) in [6.45, 7) is 4.86. The first kappa shape index (κ1) is 23.5. The van der Waals surface area contributed by atoms with Crippen molar-refractivity contribution in [2.45, 2.75) is 50.6 Å². The van der Waals surface area contributed by atoms with E-state index in [1.165, 1.54) is 6.07 Å². The summed E-state index contributed by atoms with van der Waals surface area (Å²) in [6, 6.07) is 3.13. The van der Waals surface area contributed by atoms with Crippen LogP contribution < -0.4 is 11.1 Å². The van der Waals surface area contributed by atoms with E-state index in [2.05, 4.69) is 10.2 Å². The Bertz CT molecular complexity index is 797. The Morgan fingerprint density at radius 1 is 1.26 bits per heavy atom. The third kappa shape index (κ3) is 5.75. The van der Waals surface area contributed by atoms with Crippen LogP contribution in [0.2, 0.25) is 0 Å². The van der Waals surface area contributed by atoms with Crippen LogP contribution in [0.25, 0.3) is 0 Å². The van der Waals surface area contributed by atoms with Crippen LogP contribution in [-0.2, 0) is 26.9 Å². The normalized spacial score (nSPS) is 23.1. The third-order valence-electron chi connectivity index (χ3n) is 5.81. The fraction of sp³-hybridized carbons (Fsp3) is 0.619. The van der Waals surface area contributed by atoms with Gasteiger partial charge in [0.15, 0.2) is 0 Å². The van der Waals surface area contributed by atoms with Gasteiger partial charge in [0.05, 0.1) is 24.1 Å². The van der Waals surface area contributed by atoms with E-state index in [-0.39, 0.29) is 17.7 Å². The third-order valence-corrected chi connectivity index (χ3v) is 5.81. The molecule has 2 aliphatic rings. The van der Waals surface area contributed by atoms with Crippen molar-refractivity contribution >= 4 is 11.8 Å². The number of hydrogen-bond donors (Lipinski definition) is 2. The number of carbonyl (C=O) groups is 2. The lowest BCUT2D eigenvalue weighted by Crippen LogP contribution is -2.45. The number of nitrogens with one attached hydrogen (secondary N) is 1. The van der Waals surface area contributed by atoms with Gasteiger partial charge in [0.2, 0.25) is 11.8 Å². The van der Waals surface area contributed by atoms with Gasteiger partial charge in [-0.2, -0.15) is 13.2 Å². The fourth-order valence-electron chi connectivity index (χ4n) is 4.37. The molecule has 2 fully saturated rings. The van der Waals surface area contributed by atoms with Gasteiger partial charge >= 0.3 is 6.18 Å². The Labute approximate surface area is 179 Å². The molecular weight excluding hydrogens is 415 g/mol. The van der Waals surface area contributed by atoms with Crippen LogP contribution in [0.15, 0.2) is 18.2 Å². The second kappa shape index (κ2) is 9.97. The number of halogens is 3. The topological polar surface area (TPSA) is 93.9 Å². The summed E-state index contributed by atoms with van der Waals surface area (Å²) < 4.78 is 51.5. The quantitative estimate of drug-likeness (QED) is 0.670. The van der Waals surface area contributed by atoms with Crippen LogP contribution in [0.3, 0.4) is 0 Å². The van der Waals surface area contributed by atoms with Gasteiger partial charge < -0.3 is 20.5 Å². The molecule has 2 saturated heterocycles. The number of amides is 2. The van der Waals surface area contributed by atoms with Crippen LogP contribution in [0.1, 0.15) is 41.3 Å². The molecule has 31 heavy (non-hydrogen) atoms.